The molecule has 0 atom stereocenters. The van der Waals surface area contributed by atoms with E-state index < -0.39 is 29.2 Å². The van der Waals surface area contributed by atoms with Crippen molar-refractivity contribution >= 4 is 5.91 Å². The number of carbonyl (C=O) groups is 1. The molecule has 1 saturated carbocycles. The summed E-state index contributed by atoms with van der Waals surface area (Å²) < 4.78 is 53.3. The molecule has 6 heteroatoms. The highest BCUT2D eigenvalue weighted by Crippen LogP contribution is 2.30. The number of benzene rings is 2. The van der Waals surface area contributed by atoms with Crippen molar-refractivity contribution < 1.29 is 22.4 Å². The quantitative estimate of drug-likeness (QED) is 0.778. The Morgan fingerprint density at radius 1 is 0.957 bits per heavy atom. The minimum absolute atomic E-state index is 0.0756. The molecule has 1 aliphatic carbocycles. The maximum Gasteiger partial charge on any atom is 0.254 e. The number of halogens is 4. The monoisotopic (exact) mass is 323 g/mol. The summed E-state index contributed by atoms with van der Waals surface area (Å²) >= 11 is 0. The van der Waals surface area contributed by atoms with Gasteiger partial charge in [-0.15, -0.1) is 0 Å². The molecule has 0 aromatic heterocycles. The summed E-state index contributed by atoms with van der Waals surface area (Å²) in [5.41, 5.74) is 0.0282. The van der Waals surface area contributed by atoms with E-state index in [0.717, 1.165) is 37.1 Å². The lowest BCUT2D eigenvalue weighted by Gasteiger charge is -2.23. The number of hydrogen-bond acceptors (Lipinski definition) is 1. The highest BCUT2D eigenvalue weighted by Gasteiger charge is 2.33. The van der Waals surface area contributed by atoms with Crippen LogP contribution in [0, 0.1) is 23.3 Å². The van der Waals surface area contributed by atoms with Gasteiger partial charge in [-0.25, -0.2) is 17.6 Å². The second kappa shape index (κ2) is 6.02. The summed E-state index contributed by atoms with van der Waals surface area (Å²) in [6, 6.07) is 5.59. The number of nitrogens with zero attached hydrogens (tertiary/aromatic N) is 1. The largest absolute Gasteiger partial charge is 0.331 e. The van der Waals surface area contributed by atoms with Crippen LogP contribution in [0.4, 0.5) is 17.6 Å². The number of hydrogen-bond donors (Lipinski definition) is 0. The summed E-state index contributed by atoms with van der Waals surface area (Å²) in [5.74, 6) is -3.74. The lowest BCUT2D eigenvalue weighted by molar-refractivity contribution is 0.0727. The maximum atomic E-state index is 13.8. The molecule has 0 spiro atoms. The molecule has 0 heterocycles. The number of carbonyl (C=O) groups excluding carboxylic acids is 1. The minimum atomic E-state index is -0.850. The second-order valence-electron chi connectivity index (χ2n) is 5.56. The van der Waals surface area contributed by atoms with E-state index in [4.69, 9.17) is 0 Å². The molecule has 0 aliphatic heterocycles. The molecule has 2 nitrogen and oxygen atoms in total. The van der Waals surface area contributed by atoms with Crippen molar-refractivity contribution in [2.75, 3.05) is 0 Å². The first-order valence-electron chi connectivity index (χ1n) is 7.15. The lowest BCUT2D eigenvalue weighted by atomic mass is 10.1. The Morgan fingerprint density at radius 3 is 2.17 bits per heavy atom. The first kappa shape index (κ1) is 15.5. The van der Waals surface area contributed by atoms with E-state index in [1.165, 1.54) is 11.0 Å². The summed E-state index contributed by atoms with van der Waals surface area (Å²) in [5, 5.41) is 0. The van der Waals surface area contributed by atoms with Crippen molar-refractivity contribution in [3.63, 3.8) is 0 Å². The normalized spacial score (nSPS) is 13.9. The maximum absolute atomic E-state index is 13.8. The SMILES string of the molecule is O=C(c1cc(F)cc(F)c1)N(Cc1ccc(F)cc1F)C1CC1. The molecule has 2 aromatic rings. The molecule has 1 fully saturated rings. The van der Waals surface area contributed by atoms with Crippen molar-refractivity contribution in [2.24, 2.45) is 0 Å². The van der Waals surface area contributed by atoms with E-state index in [9.17, 15) is 22.4 Å². The van der Waals surface area contributed by atoms with Gasteiger partial charge in [0.05, 0.1) is 0 Å². The van der Waals surface area contributed by atoms with Crippen LogP contribution in [0.5, 0.6) is 0 Å². The predicted octanol–water partition coefficient (Wildman–Crippen LogP) is 4.05. The van der Waals surface area contributed by atoms with E-state index in [2.05, 4.69) is 0 Å². The van der Waals surface area contributed by atoms with Gasteiger partial charge >= 0.3 is 0 Å². The Labute approximate surface area is 130 Å². The zero-order valence-electron chi connectivity index (χ0n) is 12.0. The molecule has 1 amide bonds. The van der Waals surface area contributed by atoms with Gasteiger partial charge in [0.25, 0.3) is 5.91 Å². The van der Waals surface area contributed by atoms with Gasteiger partial charge in [-0.2, -0.15) is 0 Å². The zero-order valence-corrected chi connectivity index (χ0v) is 12.0. The third-order valence-electron chi connectivity index (χ3n) is 3.71. The van der Waals surface area contributed by atoms with Crippen LogP contribution < -0.4 is 0 Å². The fourth-order valence-corrected chi connectivity index (χ4v) is 2.43. The Hall–Kier alpha value is -2.37. The molecular weight excluding hydrogens is 310 g/mol. The number of amides is 1. The number of rotatable bonds is 4. The van der Waals surface area contributed by atoms with Gasteiger partial charge in [0, 0.05) is 35.8 Å². The summed E-state index contributed by atoms with van der Waals surface area (Å²) in [6.45, 7) is -0.0756. The zero-order chi connectivity index (χ0) is 16.6. The van der Waals surface area contributed by atoms with E-state index >= 15 is 0 Å². The molecule has 0 saturated heterocycles. The van der Waals surface area contributed by atoms with Gasteiger partial charge in [-0.05, 0) is 31.0 Å². The van der Waals surface area contributed by atoms with Gasteiger partial charge in [0.1, 0.15) is 23.3 Å². The van der Waals surface area contributed by atoms with Crippen LogP contribution in [0.1, 0.15) is 28.8 Å². The highest BCUT2D eigenvalue weighted by molar-refractivity contribution is 5.94. The third kappa shape index (κ3) is 3.52. The minimum Gasteiger partial charge on any atom is -0.331 e. The molecule has 0 radical (unpaired) electrons. The van der Waals surface area contributed by atoms with Crippen molar-refractivity contribution in [1.82, 2.24) is 4.90 Å². The predicted molar refractivity (Wildman–Crippen MR) is 75.6 cm³/mol. The molecule has 3 rings (SSSR count). The molecule has 120 valence electrons. The van der Waals surface area contributed by atoms with E-state index in [1.54, 1.807) is 0 Å². The van der Waals surface area contributed by atoms with Gasteiger partial charge < -0.3 is 4.90 Å². The van der Waals surface area contributed by atoms with Gasteiger partial charge in [0.15, 0.2) is 0 Å². The topological polar surface area (TPSA) is 20.3 Å². The fourth-order valence-electron chi connectivity index (χ4n) is 2.43. The average Bonchev–Trinajstić information content (AvgIpc) is 3.29. The van der Waals surface area contributed by atoms with E-state index in [-0.39, 0.29) is 23.7 Å². The summed E-state index contributed by atoms with van der Waals surface area (Å²) in [4.78, 5) is 13.9. The Morgan fingerprint density at radius 2 is 1.61 bits per heavy atom. The second-order valence-corrected chi connectivity index (χ2v) is 5.56. The highest BCUT2D eigenvalue weighted by atomic mass is 19.1. The van der Waals surface area contributed by atoms with Crippen LogP contribution in [-0.4, -0.2) is 16.8 Å². The van der Waals surface area contributed by atoms with Crippen LogP contribution in [0.15, 0.2) is 36.4 Å². The van der Waals surface area contributed by atoms with Crippen LogP contribution in [0.2, 0.25) is 0 Å². The smallest absolute Gasteiger partial charge is 0.254 e. The molecule has 0 N–H and O–H groups in total. The Balaban J connectivity index is 1.88. The van der Waals surface area contributed by atoms with Crippen LogP contribution in [-0.2, 0) is 6.54 Å². The van der Waals surface area contributed by atoms with E-state index in [0.29, 0.717) is 6.07 Å². The van der Waals surface area contributed by atoms with Crippen molar-refractivity contribution in [3.05, 3.63) is 70.8 Å². The standard InChI is InChI=1S/C17H13F4NO/c18-12-2-1-10(16(21)8-12)9-22(15-3-4-15)17(23)11-5-13(19)7-14(20)6-11/h1-2,5-8,15H,3-4,9H2. The lowest BCUT2D eigenvalue weighted by Crippen LogP contribution is -2.33. The van der Waals surface area contributed by atoms with Crippen LogP contribution in [0.3, 0.4) is 0 Å². The molecule has 2 aromatic carbocycles. The van der Waals surface area contributed by atoms with Gasteiger partial charge in [0.2, 0.25) is 0 Å². The fraction of sp³-hybridized carbons (Fsp3) is 0.235. The molecule has 0 unspecified atom stereocenters. The Bertz CT molecular complexity index is 738. The first-order chi connectivity index (χ1) is 10.9. The third-order valence-corrected chi connectivity index (χ3v) is 3.71. The summed E-state index contributed by atoms with van der Waals surface area (Å²) in [7, 11) is 0. The summed E-state index contributed by atoms with van der Waals surface area (Å²) in [6.07, 6.45) is 1.48. The van der Waals surface area contributed by atoms with Crippen molar-refractivity contribution in [3.8, 4) is 0 Å². The first-order valence-corrected chi connectivity index (χ1v) is 7.15. The van der Waals surface area contributed by atoms with Gasteiger partial charge in [-0.3, -0.25) is 4.79 Å². The molecule has 23 heavy (non-hydrogen) atoms. The van der Waals surface area contributed by atoms with E-state index in [1.807, 2.05) is 0 Å². The molecule has 0 bridgehead atoms. The van der Waals surface area contributed by atoms with Crippen LogP contribution in [0.25, 0.3) is 0 Å². The van der Waals surface area contributed by atoms with Crippen molar-refractivity contribution in [2.45, 2.75) is 25.4 Å². The van der Waals surface area contributed by atoms with Gasteiger partial charge in [-0.1, -0.05) is 6.07 Å². The van der Waals surface area contributed by atoms with Crippen LogP contribution >= 0.6 is 0 Å². The van der Waals surface area contributed by atoms with Crippen molar-refractivity contribution in [1.29, 1.82) is 0 Å². The average molecular weight is 323 g/mol. The molecular formula is C17H13F4NO. The Kier molecular flexibility index (Phi) is 4.07. The molecule has 1 aliphatic rings.